The number of alkyl carbamates (subject to hydrolysis) is 1. The van der Waals surface area contributed by atoms with Gasteiger partial charge in [0.2, 0.25) is 0 Å². The number of benzene rings is 3. The third kappa shape index (κ3) is 4.90. The summed E-state index contributed by atoms with van der Waals surface area (Å²) < 4.78 is 11.2. The maximum absolute atomic E-state index is 12.4. The van der Waals surface area contributed by atoms with Crippen LogP contribution in [0.3, 0.4) is 0 Å². The monoisotopic (exact) mass is 527 g/mol. The number of halogens is 1. The van der Waals surface area contributed by atoms with Crippen LogP contribution in [0, 0.1) is 0 Å². The van der Waals surface area contributed by atoms with E-state index in [9.17, 15) is 9.59 Å². The number of carbonyl (C=O) groups excluding carboxylic acids is 2. The Morgan fingerprint density at radius 3 is 2.03 bits per heavy atom. The minimum absolute atomic E-state index is 0.0266. The zero-order valence-electron chi connectivity index (χ0n) is 16.8. The van der Waals surface area contributed by atoms with Gasteiger partial charge < -0.3 is 14.8 Å². The Bertz CT molecular complexity index is 1020. The highest BCUT2D eigenvalue weighted by atomic mass is 127. The second-order valence-electron chi connectivity index (χ2n) is 7.27. The quantitative estimate of drug-likeness (QED) is 0.265. The van der Waals surface area contributed by atoms with E-state index >= 15 is 0 Å². The molecule has 3 aromatic carbocycles. The average Bonchev–Trinajstić information content (AvgIpc) is 3.14. The first kappa shape index (κ1) is 21.4. The summed E-state index contributed by atoms with van der Waals surface area (Å²) in [6.45, 7) is 0.367. The summed E-state index contributed by atoms with van der Waals surface area (Å²) in [7, 11) is 0. The van der Waals surface area contributed by atoms with Crippen molar-refractivity contribution in [3.8, 4) is 11.1 Å². The molecule has 1 unspecified atom stereocenters. The molecule has 0 aliphatic heterocycles. The van der Waals surface area contributed by atoms with Gasteiger partial charge in [-0.05, 0) is 27.8 Å². The highest BCUT2D eigenvalue weighted by Crippen LogP contribution is 2.44. The maximum Gasteiger partial charge on any atom is 0.407 e. The third-order valence-electron chi connectivity index (χ3n) is 5.30. The molecule has 1 aliphatic carbocycles. The number of rotatable bonds is 7. The van der Waals surface area contributed by atoms with Gasteiger partial charge in [0.05, 0.1) is 0 Å². The van der Waals surface area contributed by atoms with E-state index in [-0.39, 0.29) is 19.1 Å². The van der Waals surface area contributed by atoms with Gasteiger partial charge in [-0.15, -0.1) is 0 Å². The van der Waals surface area contributed by atoms with E-state index in [1.165, 1.54) is 11.1 Å². The van der Waals surface area contributed by atoms with Gasteiger partial charge in [0.15, 0.2) is 0 Å². The first-order valence-electron chi connectivity index (χ1n) is 10.1. The van der Waals surface area contributed by atoms with Crippen LogP contribution in [0.2, 0.25) is 0 Å². The van der Waals surface area contributed by atoms with Gasteiger partial charge in [-0.1, -0.05) is 101 Å². The number of hydrogen-bond donors (Lipinski definition) is 1. The van der Waals surface area contributed by atoms with E-state index < -0.39 is 18.1 Å². The number of hydrogen-bond acceptors (Lipinski definition) is 4. The molecule has 3 aromatic rings. The molecule has 0 aromatic heterocycles. The van der Waals surface area contributed by atoms with Gasteiger partial charge in [-0.2, -0.15) is 0 Å². The second kappa shape index (κ2) is 9.96. The molecule has 158 valence electrons. The van der Waals surface area contributed by atoms with Crippen molar-refractivity contribution in [1.82, 2.24) is 5.32 Å². The molecule has 1 atom stereocenters. The fourth-order valence-corrected chi connectivity index (χ4v) is 4.35. The molecular formula is C25H22INO4. The van der Waals surface area contributed by atoms with Gasteiger partial charge in [-0.3, -0.25) is 0 Å². The topological polar surface area (TPSA) is 64.6 Å². The van der Waals surface area contributed by atoms with Gasteiger partial charge >= 0.3 is 12.1 Å². The molecule has 31 heavy (non-hydrogen) atoms. The number of esters is 1. The van der Waals surface area contributed by atoms with Gasteiger partial charge in [0.25, 0.3) is 0 Å². The van der Waals surface area contributed by atoms with Gasteiger partial charge in [0, 0.05) is 10.3 Å². The van der Waals surface area contributed by atoms with Crippen LogP contribution in [0.15, 0.2) is 78.9 Å². The second-order valence-corrected chi connectivity index (χ2v) is 8.15. The minimum atomic E-state index is -0.764. The molecular weight excluding hydrogens is 505 g/mol. The highest BCUT2D eigenvalue weighted by Gasteiger charge is 2.29. The van der Waals surface area contributed by atoms with Gasteiger partial charge in [0.1, 0.15) is 19.3 Å². The first-order chi connectivity index (χ1) is 15.2. The molecule has 0 saturated heterocycles. The summed E-state index contributed by atoms with van der Waals surface area (Å²) in [6, 6.07) is 25.0. The van der Waals surface area contributed by atoms with Crippen LogP contribution in [0.5, 0.6) is 0 Å². The zero-order chi connectivity index (χ0) is 21.6. The summed E-state index contributed by atoms with van der Waals surface area (Å²) in [5.41, 5.74) is 5.51. The summed E-state index contributed by atoms with van der Waals surface area (Å²) >= 11 is 2.05. The maximum atomic E-state index is 12.4. The Morgan fingerprint density at radius 2 is 1.42 bits per heavy atom. The van der Waals surface area contributed by atoms with Crippen molar-refractivity contribution >= 4 is 34.7 Å². The number of alkyl halides is 1. The summed E-state index contributed by atoms with van der Waals surface area (Å²) in [4.78, 5) is 24.8. The molecule has 0 saturated carbocycles. The molecule has 6 heteroatoms. The van der Waals surface area contributed by atoms with Crippen LogP contribution in [-0.4, -0.2) is 29.1 Å². The van der Waals surface area contributed by atoms with Crippen LogP contribution in [0.4, 0.5) is 4.79 Å². The predicted octanol–water partition coefficient (Wildman–Crippen LogP) is 5.07. The summed E-state index contributed by atoms with van der Waals surface area (Å²) in [5.74, 6) is -0.506. The summed E-state index contributed by atoms with van der Waals surface area (Å²) in [5, 5.41) is 2.63. The van der Waals surface area contributed by atoms with E-state index in [1.54, 1.807) is 0 Å². The van der Waals surface area contributed by atoms with Crippen molar-refractivity contribution in [2.75, 3.05) is 11.0 Å². The molecule has 4 rings (SSSR count). The number of nitrogens with one attached hydrogen (secondary N) is 1. The van der Waals surface area contributed by atoms with E-state index in [0.29, 0.717) is 4.43 Å². The van der Waals surface area contributed by atoms with Crippen LogP contribution in [-0.2, 0) is 20.9 Å². The molecule has 0 heterocycles. The molecule has 1 amide bonds. The SMILES string of the molecule is O=C(NC(CI)C(=O)OCc1ccccc1)OCC1c2ccccc2-c2ccccc21. The Morgan fingerprint density at radius 1 is 0.839 bits per heavy atom. The van der Waals surface area contributed by atoms with Crippen molar-refractivity contribution in [3.05, 3.63) is 95.6 Å². The van der Waals surface area contributed by atoms with Crippen LogP contribution in [0.25, 0.3) is 11.1 Å². The van der Waals surface area contributed by atoms with Crippen LogP contribution in [0.1, 0.15) is 22.6 Å². The largest absolute Gasteiger partial charge is 0.459 e. The molecule has 1 aliphatic rings. The first-order valence-corrected chi connectivity index (χ1v) is 11.6. The normalized spacial score (nSPS) is 13.1. The molecule has 0 radical (unpaired) electrons. The molecule has 1 N–H and O–H groups in total. The molecule has 0 bridgehead atoms. The lowest BCUT2D eigenvalue weighted by Crippen LogP contribution is -2.43. The lowest BCUT2D eigenvalue weighted by Gasteiger charge is -2.18. The van der Waals surface area contributed by atoms with E-state index in [1.807, 2.05) is 77.2 Å². The fourth-order valence-electron chi connectivity index (χ4n) is 3.77. The number of amides is 1. The van der Waals surface area contributed by atoms with E-state index in [2.05, 4.69) is 29.6 Å². The lowest BCUT2D eigenvalue weighted by molar-refractivity contribution is -0.146. The standard InChI is InChI=1S/C25H22INO4/c26-14-23(24(28)30-15-17-8-2-1-3-9-17)27-25(29)31-16-22-20-12-6-4-10-18(20)19-11-5-7-13-21(19)22/h1-13,22-23H,14-16H2,(H,27,29). The van der Waals surface area contributed by atoms with E-state index in [4.69, 9.17) is 9.47 Å². The number of carbonyl (C=O) groups is 2. The smallest absolute Gasteiger partial charge is 0.407 e. The Kier molecular flexibility index (Phi) is 6.86. The highest BCUT2D eigenvalue weighted by molar-refractivity contribution is 14.1. The summed E-state index contributed by atoms with van der Waals surface area (Å²) in [6.07, 6.45) is -0.625. The molecule has 5 nitrogen and oxygen atoms in total. The average molecular weight is 527 g/mol. The number of ether oxygens (including phenoxy) is 2. The van der Waals surface area contributed by atoms with Crippen LogP contribution < -0.4 is 5.32 Å². The van der Waals surface area contributed by atoms with Gasteiger partial charge in [-0.25, -0.2) is 9.59 Å². The van der Waals surface area contributed by atoms with Crippen molar-refractivity contribution < 1.29 is 19.1 Å². The van der Waals surface area contributed by atoms with E-state index in [0.717, 1.165) is 16.7 Å². The van der Waals surface area contributed by atoms with Crippen molar-refractivity contribution in [2.24, 2.45) is 0 Å². The Balaban J connectivity index is 1.35. The van der Waals surface area contributed by atoms with Crippen molar-refractivity contribution in [3.63, 3.8) is 0 Å². The Hall–Kier alpha value is -2.87. The molecule has 0 spiro atoms. The Labute approximate surface area is 194 Å². The number of fused-ring (bicyclic) bond motifs is 3. The fraction of sp³-hybridized carbons (Fsp3) is 0.200. The third-order valence-corrected chi connectivity index (χ3v) is 6.18. The lowest BCUT2D eigenvalue weighted by atomic mass is 9.98. The van der Waals surface area contributed by atoms with Crippen LogP contribution >= 0.6 is 22.6 Å². The molecule has 0 fully saturated rings. The van der Waals surface area contributed by atoms with Crippen molar-refractivity contribution in [2.45, 2.75) is 18.6 Å². The predicted molar refractivity (Wildman–Crippen MR) is 127 cm³/mol. The zero-order valence-corrected chi connectivity index (χ0v) is 19.0. The minimum Gasteiger partial charge on any atom is -0.459 e. The van der Waals surface area contributed by atoms with Crippen molar-refractivity contribution in [1.29, 1.82) is 0 Å².